The van der Waals surface area contributed by atoms with E-state index in [1.165, 1.54) is 12.5 Å². The summed E-state index contributed by atoms with van der Waals surface area (Å²) in [5.41, 5.74) is 1.96. The first-order valence-electron chi connectivity index (χ1n) is 7.17. The van der Waals surface area contributed by atoms with Crippen LogP contribution in [0, 0.1) is 17.2 Å². The first kappa shape index (κ1) is 14.3. The first-order chi connectivity index (χ1) is 10.7. The van der Waals surface area contributed by atoms with Gasteiger partial charge in [-0.15, -0.1) is 0 Å². The summed E-state index contributed by atoms with van der Waals surface area (Å²) in [4.78, 5) is 14.9. The molecule has 0 saturated carbocycles. The highest BCUT2D eigenvalue weighted by Crippen LogP contribution is 2.33. The van der Waals surface area contributed by atoms with Crippen LogP contribution in [-0.2, 0) is 0 Å². The Bertz CT molecular complexity index is 732. The van der Waals surface area contributed by atoms with Gasteiger partial charge in [-0.1, -0.05) is 18.2 Å². The fraction of sp³-hybridized carbons (Fsp3) is 0.312. The van der Waals surface area contributed by atoms with Gasteiger partial charge in [-0.05, 0) is 24.6 Å². The largest absolute Gasteiger partial charge is 0.476 e. The normalized spacial score (nSPS) is 21.2. The minimum absolute atomic E-state index is 0.0111. The molecule has 6 nitrogen and oxygen atoms in total. The van der Waals surface area contributed by atoms with E-state index in [2.05, 4.69) is 16.4 Å². The van der Waals surface area contributed by atoms with Crippen molar-refractivity contribution in [2.24, 2.45) is 5.92 Å². The van der Waals surface area contributed by atoms with Crippen molar-refractivity contribution < 1.29 is 9.90 Å². The molecular formula is C16H16N4O2. The van der Waals surface area contributed by atoms with Crippen molar-refractivity contribution >= 4 is 5.97 Å². The summed E-state index contributed by atoms with van der Waals surface area (Å²) < 4.78 is 1.72. The minimum Gasteiger partial charge on any atom is -0.476 e. The SMILES string of the molecule is N#CC1CNCCC1c1ccccc1-n1cnc(C(=O)O)c1. The Morgan fingerprint density at radius 1 is 1.45 bits per heavy atom. The molecule has 6 heteroatoms. The van der Waals surface area contributed by atoms with Crippen LogP contribution >= 0.6 is 0 Å². The zero-order valence-electron chi connectivity index (χ0n) is 11.9. The van der Waals surface area contributed by atoms with E-state index in [1.807, 2.05) is 24.3 Å². The van der Waals surface area contributed by atoms with Crippen molar-refractivity contribution in [3.8, 4) is 11.8 Å². The number of carbonyl (C=O) groups is 1. The molecule has 2 unspecified atom stereocenters. The van der Waals surface area contributed by atoms with Crippen molar-refractivity contribution in [2.75, 3.05) is 13.1 Å². The molecule has 0 bridgehead atoms. The molecule has 2 heterocycles. The Kier molecular flexibility index (Phi) is 3.90. The van der Waals surface area contributed by atoms with Gasteiger partial charge in [0.15, 0.2) is 5.69 Å². The lowest BCUT2D eigenvalue weighted by Gasteiger charge is -2.29. The Labute approximate surface area is 128 Å². The molecule has 2 N–H and O–H groups in total. The number of imidazole rings is 1. The number of hydrogen-bond donors (Lipinski definition) is 2. The van der Waals surface area contributed by atoms with Crippen LogP contribution < -0.4 is 5.32 Å². The van der Waals surface area contributed by atoms with Crippen LogP contribution in [-0.4, -0.2) is 33.7 Å². The van der Waals surface area contributed by atoms with E-state index in [1.54, 1.807) is 4.57 Å². The summed E-state index contributed by atoms with van der Waals surface area (Å²) in [5.74, 6) is -0.997. The van der Waals surface area contributed by atoms with Crippen LogP contribution in [0.3, 0.4) is 0 Å². The lowest BCUT2D eigenvalue weighted by Crippen LogP contribution is -2.35. The van der Waals surface area contributed by atoms with Crippen LogP contribution in [0.2, 0.25) is 0 Å². The molecule has 22 heavy (non-hydrogen) atoms. The molecule has 1 aliphatic heterocycles. The third kappa shape index (κ3) is 2.59. The number of nitriles is 1. The standard InChI is InChI=1S/C16H16N4O2/c17-7-11-8-18-6-5-12(11)13-3-1-2-4-15(13)20-9-14(16(21)22)19-10-20/h1-4,9-12,18H,5-6,8H2,(H,21,22). The van der Waals surface area contributed by atoms with Crippen molar-refractivity contribution in [1.29, 1.82) is 5.26 Å². The molecule has 1 fully saturated rings. The predicted octanol–water partition coefficient (Wildman–Crippen LogP) is 1.79. The van der Waals surface area contributed by atoms with Crippen molar-refractivity contribution in [1.82, 2.24) is 14.9 Å². The van der Waals surface area contributed by atoms with E-state index < -0.39 is 5.97 Å². The zero-order valence-corrected chi connectivity index (χ0v) is 11.9. The van der Waals surface area contributed by atoms with Crippen molar-refractivity contribution in [3.63, 3.8) is 0 Å². The fourth-order valence-electron chi connectivity index (χ4n) is 2.97. The maximum Gasteiger partial charge on any atom is 0.356 e. The number of nitrogens with one attached hydrogen (secondary N) is 1. The number of para-hydroxylation sites is 1. The van der Waals surface area contributed by atoms with Gasteiger partial charge in [0.05, 0.1) is 17.7 Å². The Balaban J connectivity index is 2.02. The Morgan fingerprint density at radius 2 is 2.27 bits per heavy atom. The molecule has 1 aromatic heterocycles. The van der Waals surface area contributed by atoms with Crippen molar-refractivity contribution in [2.45, 2.75) is 12.3 Å². The molecule has 0 amide bonds. The summed E-state index contributed by atoms with van der Waals surface area (Å²) >= 11 is 0. The van der Waals surface area contributed by atoms with Crippen LogP contribution in [0.25, 0.3) is 5.69 Å². The van der Waals surface area contributed by atoms with E-state index >= 15 is 0 Å². The number of carboxylic acids is 1. The summed E-state index contributed by atoms with van der Waals surface area (Å²) in [6.45, 7) is 1.56. The van der Waals surface area contributed by atoms with E-state index in [-0.39, 0.29) is 17.5 Å². The number of aromatic nitrogens is 2. The third-order valence-corrected chi connectivity index (χ3v) is 4.06. The highest BCUT2D eigenvalue weighted by atomic mass is 16.4. The van der Waals surface area contributed by atoms with Crippen LogP contribution in [0.15, 0.2) is 36.8 Å². The van der Waals surface area contributed by atoms with E-state index in [0.29, 0.717) is 6.54 Å². The number of benzene rings is 1. The van der Waals surface area contributed by atoms with Gasteiger partial charge in [0.2, 0.25) is 0 Å². The molecule has 0 aliphatic carbocycles. The summed E-state index contributed by atoms with van der Waals surface area (Å²) in [5, 5.41) is 21.6. The lowest BCUT2D eigenvalue weighted by atomic mass is 9.81. The number of aromatic carboxylic acids is 1. The number of nitrogens with zero attached hydrogens (tertiary/aromatic N) is 3. The highest BCUT2D eigenvalue weighted by molar-refractivity contribution is 5.85. The maximum atomic E-state index is 11.0. The van der Waals surface area contributed by atoms with E-state index in [9.17, 15) is 10.1 Å². The molecule has 112 valence electrons. The summed E-state index contributed by atoms with van der Waals surface area (Å²) in [6, 6.07) is 10.2. The van der Waals surface area contributed by atoms with Crippen LogP contribution in [0.5, 0.6) is 0 Å². The number of carboxylic acid groups (broad SMARTS) is 1. The number of piperidine rings is 1. The molecular weight excluding hydrogens is 280 g/mol. The minimum atomic E-state index is -1.05. The Morgan fingerprint density at radius 3 is 3.00 bits per heavy atom. The smallest absolute Gasteiger partial charge is 0.356 e. The number of rotatable bonds is 3. The van der Waals surface area contributed by atoms with Gasteiger partial charge >= 0.3 is 5.97 Å². The number of hydrogen-bond acceptors (Lipinski definition) is 4. The molecule has 0 radical (unpaired) electrons. The van der Waals surface area contributed by atoms with E-state index in [4.69, 9.17) is 5.11 Å². The van der Waals surface area contributed by atoms with Gasteiger partial charge in [-0.3, -0.25) is 0 Å². The Hall–Kier alpha value is -2.65. The maximum absolute atomic E-state index is 11.0. The molecule has 1 aromatic carbocycles. The van der Waals surface area contributed by atoms with Gasteiger partial charge in [0.25, 0.3) is 0 Å². The lowest BCUT2D eigenvalue weighted by molar-refractivity contribution is 0.0691. The second kappa shape index (κ2) is 6.00. The van der Waals surface area contributed by atoms with Crippen LogP contribution in [0.1, 0.15) is 28.4 Å². The molecule has 1 saturated heterocycles. The first-order valence-corrected chi connectivity index (χ1v) is 7.17. The molecule has 3 rings (SSSR count). The molecule has 2 atom stereocenters. The van der Waals surface area contributed by atoms with E-state index in [0.717, 1.165) is 24.2 Å². The molecule has 1 aliphatic rings. The second-order valence-corrected chi connectivity index (χ2v) is 5.37. The topological polar surface area (TPSA) is 90.9 Å². The van der Waals surface area contributed by atoms with Gasteiger partial charge < -0.3 is 15.0 Å². The second-order valence-electron chi connectivity index (χ2n) is 5.37. The molecule has 0 spiro atoms. The third-order valence-electron chi connectivity index (χ3n) is 4.06. The van der Waals surface area contributed by atoms with Gasteiger partial charge in [-0.2, -0.15) is 5.26 Å². The predicted molar refractivity (Wildman–Crippen MR) is 79.9 cm³/mol. The summed E-state index contributed by atoms with van der Waals surface area (Å²) in [6.07, 6.45) is 3.89. The average Bonchev–Trinajstić information content (AvgIpc) is 3.05. The highest BCUT2D eigenvalue weighted by Gasteiger charge is 2.28. The van der Waals surface area contributed by atoms with Crippen molar-refractivity contribution in [3.05, 3.63) is 48.0 Å². The van der Waals surface area contributed by atoms with Gasteiger partial charge in [0.1, 0.15) is 6.33 Å². The van der Waals surface area contributed by atoms with Crippen LogP contribution in [0.4, 0.5) is 0 Å². The monoisotopic (exact) mass is 296 g/mol. The zero-order chi connectivity index (χ0) is 15.5. The summed E-state index contributed by atoms with van der Waals surface area (Å²) in [7, 11) is 0. The quantitative estimate of drug-likeness (QED) is 0.901. The average molecular weight is 296 g/mol. The van der Waals surface area contributed by atoms with Gasteiger partial charge in [0, 0.05) is 18.7 Å². The molecule has 2 aromatic rings. The fourth-order valence-corrected chi connectivity index (χ4v) is 2.97. The van der Waals surface area contributed by atoms with Gasteiger partial charge in [-0.25, -0.2) is 9.78 Å².